The first-order valence-electron chi connectivity index (χ1n) is 14.1. The van der Waals surface area contributed by atoms with Crippen LogP contribution < -0.4 is 16.3 Å². The van der Waals surface area contributed by atoms with E-state index in [0.717, 1.165) is 24.5 Å². The van der Waals surface area contributed by atoms with Crippen molar-refractivity contribution < 1.29 is 18.3 Å². The molecule has 9 nitrogen and oxygen atoms in total. The van der Waals surface area contributed by atoms with Crippen LogP contribution in [-0.2, 0) is 9.53 Å². The van der Waals surface area contributed by atoms with E-state index in [0.29, 0.717) is 17.8 Å². The lowest BCUT2D eigenvalue weighted by molar-refractivity contribution is -0.126. The third kappa shape index (κ3) is 5.91. The topological polar surface area (TPSA) is 88.3 Å². The van der Waals surface area contributed by atoms with E-state index in [9.17, 15) is 13.6 Å². The van der Waals surface area contributed by atoms with E-state index in [1.807, 2.05) is 60.3 Å². The van der Waals surface area contributed by atoms with Gasteiger partial charge in [-0.2, -0.15) is 4.39 Å². The second kappa shape index (κ2) is 12.1. The SMILES string of the molecule is CCN(CC)C1=CNNN1CC1OC1N1C[C@H](F)C[C@H]1C(=O)N[C@@H](c1ccccc1)c1ccc(C(C)C)c(F)n1. The van der Waals surface area contributed by atoms with E-state index in [1.54, 1.807) is 12.1 Å². The van der Waals surface area contributed by atoms with E-state index >= 15 is 0 Å². The quantitative estimate of drug-likeness (QED) is 0.288. The van der Waals surface area contributed by atoms with E-state index in [2.05, 4.69) is 40.0 Å². The highest BCUT2D eigenvalue weighted by Gasteiger charge is 2.52. The molecule has 3 aliphatic rings. The fourth-order valence-corrected chi connectivity index (χ4v) is 5.61. The molecular weight excluding hydrogens is 516 g/mol. The van der Waals surface area contributed by atoms with Gasteiger partial charge in [0.15, 0.2) is 0 Å². The van der Waals surface area contributed by atoms with Crippen LogP contribution in [0.1, 0.15) is 62.9 Å². The molecule has 3 N–H and O–H groups in total. The van der Waals surface area contributed by atoms with Gasteiger partial charge in [0.25, 0.3) is 0 Å². The van der Waals surface area contributed by atoms with Crippen LogP contribution in [0.5, 0.6) is 0 Å². The zero-order valence-electron chi connectivity index (χ0n) is 23.5. The maximum Gasteiger partial charge on any atom is 0.238 e. The number of benzene rings is 1. The highest BCUT2D eigenvalue weighted by Crippen LogP contribution is 2.35. The summed E-state index contributed by atoms with van der Waals surface area (Å²) in [5.74, 6) is 0.109. The molecule has 1 amide bonds. The van der Waals surface area contributed by atoms with Crippen molar-refractivity contribution in [1.82, 2.24) is 36.1 Å². The number of amides is 1. The van der Waals surface area contributed by atoms with E-state index < -0.39 is 24.2 Å². The Morgan fingerprint density at radius 1 is 1.20 bits per heavy atom. The Morgan fingerprint density at radius 3 is 2.62 bits per heavy atom. The third-order valence-electron chi connectivity index (χ3n) is 7.84. The van der Waals surface area contributed by atoms with Gasteiger partial charge in [0, 0.05) is 31.6 Å². The van der Waals surface area contributed by atoms with Crippen molar-refractivity contribution in [3.05, 3.63) is 77.3 Å². The molecule has 0 aliphatic carbocycles. The number of aromatic nitrogens is 1. The molecule has 216 valence electrons. The molecule has 0 spiro atoms. The number of nitrogens with one attached hydrogen (secondary N) is 3. The number of epoxide rings is 1. The molecule has 5 atom stereocenters. The van der Waals surface area contributed by atoms with Crippen LogP contribution in [0.2, 0.25) is 0 Å². The fourth-order valence-electron chi connectivity index (χ4n) is 5.61. The molecule has 0 radical (unpaired) electrons. The van der Waals surface area contributed by atoms with Crippen LogP contribution in [0.3, 0.4) is 0 Å². The van der Waals surface area contributed by atoms with E-state index in [-0.39, 0.29) is 37.1 Å². The molecule has 4 heterocycles. The normalized spacial score (nSPS) is 25.1. The zero-order chi connectivity index (χ0) is 28.4. The highest BCUT2D eigenvalue weighted by molar-refractivity contribution is 5.83. The summed E-state index contributed by atoms with van der Waals surface area (Å²) in [6.07, 6.45) is 0.281. The van der Waals surface area contributed by atoms with Crippen molar-refractivity contribution in [2.24, 2.45) is 0 Å². The van der Waals surface area contributed by atoms with E-state index in [4.69, 9.17) is 4.74 Å². The Bertz CT molecular complexity index is 1210. The Labute approximate surface area is 234 Å². The number of carbonyl (C=O) groups is 1. The lowest BCUT2D eigenvalue weighted by atomic mass is 9.99. The maximum atomic E-state index is 14.9. The van der Waals surface area contributed by atoms with Gasteiger partial charge in [-0.05, 0) is 31.4 Å². The largest absolute Gasteiger partial charge is 0.356 e. The average Bonchev–Trinajstić information content (AvgIpc) is 3.35. The van der Waals surface area contributed by atoms with Gasteiger partial charge in [-0.25, -0.2) is 9.37 Å². The van der Waals surface area contributed by atoms with Crippen molar-refractivity contribution in [2.75, 3.05) is 26.2 Å². The molecule has 0 saturated carbocycles. The van der Waals surface area contributed by atoms with Crippen molar-refractivity contribution >= 4 is 5.91 Å². The lowest BCUT2D eigenvalue weighted by Gasteiger charge is -2.29. The number of carbonyl (C=O) groups excluding carboxylic acids is 1. The first-order chi connectivity index (χ1) is 19.3. The van der Waals surface area contributed by atoms with Crippen molar-refractivity contribution in [3.63, 3.8) is 0 Å². The standard InChI is InChI=1S/C29H39F2N7O2/c1-5-36(6-2)25-15-32-35-38(25)17-24-29(40-24)37-16-20(30)14-23(37)28(39)34-26(19-10-8-7-9-11-19)22-13-12-21(18(3)4)27(31)33-22/h7-13,15,18,20,23-24,26,29,32,35H,5-6,14,16-17H2,1-4H3,(H,34,39)/t20-,23+,24?,26+,29?/m1/s1. The Hall–Kier alpha value is -3.28. The smallest absolute Gasteiger partial charge is 0.238 e. The number of hydrogen-bond donors (Lipinski definition) is 3. The number of likely N-dealkylation sites (tertiary alicyclic amines) is 1. The predicted molar refractivity (Wildman–Crippen MR) is 147 cm³/mol. The summed E-state index contributed by atoms with van der Waals surface area (Å²) < 4.78 is 35.6. The summed E-state index contributed by atoms with van der Waals surface area (Å²) in [7, 11) is 0. The first kappa shape index (κ1) is 28.3. The summed E-state index contributed by atoms with van der Waals surface area (Å²) in [5, 5.41) is 5.02. The van der Waals surface area contributed by atoms with Gasteiger partial charge in [0.05, 0.1) is 30.5 Å². The maximum absolute atomic E-state index is 14.9. The first-order valence-corrected chi connectivity index (χ1v) is 14.1. The van der Waals surface area contributed by atoms with Gasteiger partial charge < -0.3 is 20.4 Å². The Kier molecular flexibility index (Phi) is 8.53. The number of hydrogen-bond acceptors (Lipinski definition) is 8. The van der Waals surface area contributed by atoms with Gasteiger partial charge in [-0.3, -0.25) is 14.7 Å². The average molecular weight is 556 g/mol. The number of ether oxygens (including phenoxy) is 1. The van der Waals surface area contributed by atoms with Gasteiger partial charge in [-0.15, -0.1) is 5.53 Å². The molecule has 5 rings (SSSR count). The summed E-state index contributed by atoms with van der Waals surface area (Å²) in [5.41, 5.74) is 7.83. The third-order valence-corrected chi connectivity index (χ3v) is 7.84. The Morgan fingerprint density at radius 2 is 1.95 bits per heavy atom. The number of hydrazine groups is 2. The second-order valence-electron chi connectivity index (χ2n) is 10.8. The number of pyridine rings is 1. The predicted octanol–water partition coefficient (Wildman–Crippen LogP) is 3.15. The number of halogens is 2. The minimum atomic E-state index is -1.14. The van der Waals surface area contributed by atoms with Crippen LogP contribution in [0.25, 0.3) is 0 Å². The van der Waals surface area contributed by atoms with Crippen LogP contribution in [0.4, 0.5) is 8.78 Å². The van der Waals surface area contributed by atoms with Crippen LogP contribution in [0.15, 0.2) is 54.5 Å². The highest BCUT2D eigenvalue weighted by atomic mass is 19.1. The van der Waals surface area contributed by atoms with Crippen molar-refractivity contribution in [2.45, 2.75) is 70.6 Å². The molecule has 1 aromatic carbocycles. The van der Waals surface area contributed by atoms with Gasteiger partial charge in [0.1, 0.15) is 24.3 Å². The second-order valence-corrected chi connectivity index (χ2v) is 10.8. The summed E-state index contributed by atoms with van der Waals surface area (Å²) in [4.78, 5) is 21.9. The molecule has 2 unspecified atom stereocenters. The lowest BCUT2D eigenvalue weighted by Crippen LogP contribution is -2.48. The van der Waals surface area contributed by atoms with Crippen LogP contribution in [-0.4, -0.2) is 76.4 Å². The molecule has 2 aromatic rings. The minimum absolute atomic E-state index is 0.0172. The fraction of sp³-hybridized carbons (Fsp3) is 0.517. The molecule has 0 bridgehead atoms. The van der Waals surface area contributed by atoms with Gasteiger partial charge in [0.2, 0.25) is 11.9 Å². The van der Waals surface area contributed by atoms with Crippen molar-refractivity contribution in [1.29, 1.82) is 0 Å². The Balaban J connectivity index is 1.30. The summed E-state index contributed by atoms with van der Waals surface area (Å²) >= 11 is 0. The molecule has 40 heavy (non-hydrogen) atoms. The minimum Gasteiger partial charge on any atom is -0.356 e. The van der Waals surface area contributed by atoms with Gasteiger partial charge in [-0.1, -0.05) is 50.2 Å². The molecule has 11 heteroatoms. The van der Waals surface area contributed by atoms with Crippen LogP contribution >= 0.6 is 0 Å². The summed E-state index contributed by atoms with van der Waals surface area (Å²) in [6.45, 7) is 10.4. The van der Waals surface area contributed by atoms with Crippen LogP contribution in [0, 0.1) is 5.95 Å². The van der Waals surface area contributed by atoms with Crippen molar-refractivity contribution in [3.8, 4) is 0 Å². The molecule has 1 aromatic heterocycles. The monoisotopic (exact) mass is 555 g/mol. The van der Waals surface area contributed by atoms with Gasteiger partial charge >= 0.3 is 0 Å². The number of nitrogens with zero attached hydrogens (tertiary/aromatic N) is 4. The number of rotatable bonds is 11. The molecule has 2 saturated heterocycles. The summed E-state index contributed by atoms with van der Waals surface area (Å²) in [6, 6.07) is 11.4. The molecule has 3 aliphatic heterocycles. The zero-order valence-corrected chi connectivity index (χ0v) is 23.5. The molecular formula is C29H39F2N7O2. The number of alkyl halides is 1. The molecule has 2 fully saturated rings. The van der Waals surface area contributed by atoms with E-state index in [1.165, 1.54) is 0 Å².